The normalized spacial score (nSPS) is 15.6. The fraction of sp³-hybridized carbons (Fsp3) is 0.316. The number of nitrogens with zero attached hydrogens (tertiary/aromatic N) is 3. The molecule has 1 amide bonds. The Morgan fingerprint density at radius 3 is 2.72 bits per heavy atom. The molecule has 1 saturated heterocycles. The number of aromatic nitrogens is 3. The number of piperidine rings is 1. The summed E-state index contributed by atoms with van der Waals surface area (Å²) in [5.41, 5.74) is 2.67. The molecule has 128 valence electrons. The standard InChI is InChI=1S/C19H20N4O2/c24-18(12-14-4-3-9-20-13-14)22-10-7-15(8-11-22)23-17-6-2-1-5-16(17)21-19(23)25/h1-6,9,13,15H,7-8,10-12H2,(H,21,25). The van der Waals surface area contributed by atoms with E-state index in [2.05, 4.69) is 9.97 Å². The Morgan fingerprint density at radius 1 is 1.16 bits per heavy atom. The zero-order valence-corrected chi connectivity index (χ0v) is 13.9. The average molecular weight is 336 g/mol. The van der Waals surface area contributed by atoms with Crippen molar-refractivity contribution >= 4 is 16.9 Å². The van der Waals surface area contributed by atoms with Gasteiger partial charge in [0, 0.05) is 31.5 Å². The number of fused-ring (bicyclic) bond motifs is 1. The first-order valence-corrected chi connectivity index (χ1v) is 8.58. The summed E-state index contributed by atoms with van der Waals surface area (Å²) in [6, 6.07) is 11.6. The van der Waals surface area contributed by atoms with Crippen LogP contribution < -0.4 is 5.69 Å². The lowest BCUT2D eigenvalue weighted by molar-refractivity contribution is -0.131. The average Bonchev–Trinajstić information content (AvgIpc) is 2.98. The van der Waals surface area contributed by atoms with Gasteiger partial charge < -0.3 is 9.88 Å². The van der Waals surface area contributed by atoms with E-state index in [9.17, 15) is 9.59 Å². The first-order chi connectivity index (χ1) is 12.2. The van der Waals surface area contributed by atoms with Crippen molar-refractivity contribution in [3.63, 3.8) is 0 Å². The summed E-state index contributed by atoms with van der Waals surface area (Å²) < 4.78 is 1.85. The van der Waals surface area contributed by atoms with E-state index in [1.165, 1.54) is 0 Å². The number of hydrogen-bond acceptors (Lipinski definition) is 3. The molecule has 0 atom stereocenters. The van der Waals surface area contributed by atoms with Gasteiger partial charge in [0.1, 0.15) is 0 Å². The van der Waals surface area contributed by atoms with Gasteiger partial charge in [-0.2, -0.15) is 0 Å². The lowest BCUT2D eigenvalue weighted by Gasteiger charge is -2.32. The highest BCUT2D eigenvalue weighted by molar-refractivity contribution is 5.79. The minimum atomic E-state index is -0.0682. The third-order valence-corrected chi connectivity index (χ3v) is 4.88. The van der Waals surface area contributed by atoms with Gasteiger partial charge in [-0.25, -0.2) is 4.79 Å². The molecule has 3 aromatic rings. The smallest absolute Gasteiger partial charge is 0.326 e. The third kappa shape index (κ3) is 3.07. The number of para-hydroxylation sites is 2. The molecular formula is C19H20N4O2. The number of nitrogens with one attached hydrogen (secondary N) is 1. The minimum absolute atomic E-state index is 0.0682. The van der Waals surface area contributed by atoms with Gasteiger partial charge >= 0.3 is 5.69 Å². The van der Waals surface area contributed by atoms with Crippen LogP contribution in [0.4, 0.5) is 0 Å². The number of amides is 1. The fourth-order valence-electron chi connectivity index (χ4n) is 3.60. The highest BCUT2D eigenvalue weighted by atomic mass is 16.2. The second-order valence-electron chi connectivity index (χ2n) is 6.47. The molecule has 0 aliphatic carbocycles. The summed E-state index contributed by atoms with van der Waals surface area (Å²) in [6.07, 6.45) is 5.40. The molecule has 0 saturated carbocycles. The molecule has 2 aromatic heterocycles. The van der Waals surface area contributed by atoms with Crippen LogP contribution in [0, 0.1) is 0 Å². The largest absolute Gasteiger partial charge is 0.342 e. The second-order valence-corrected chi connectivity index (χ2v) is 6.47. The molecule has 1 fully saturated rings. The third-order valence-electron chi connectivity index (χ3n) is 4.88. The lowest BCUT2D eigenvalue weighted by atomic mass is 10.0. The highest BCUT2D eigenvalue weighted by Crippen LogP contribution is 2.25. The van der Waals surface area contributed by atoms with E-state index in [0.717, 1.165) is 29.4 Å². The molecule has 1 aromatic carbocycles. The van der Waals surface area contributed by atoms with Crippen LogP contribution in [0.5, 0.6) is 0 Å². The van der Waals surface area contributed by atoms with Crippen molar-refractivity contribution in [3.8, 4) is 0 Å². The molecule has 6 heteroatoms. The number of imidazole rings is 1. The lowest BCUT2D eigenvalue weighted by Crippen LogP contribution is -2.41. The number of pyridine rings is 1. The molecule has 1 aliphatic rings. The van der Waals surface area contributed by atoms with Crippen LogP contribution in [0.2, 0.25) is 0 Å². The summed E-state index contributed by atoms with van der Waals surface area (Å²) in [4.78, 5) is 33.6. The van der Waals surface area contributed by atoms with E-state index in [-0.39, 0.29) is 17.6 Å². The van der Waals surface area contributed by atoms with Gasteiger partial charge in [0.25, 0.3) is 0 Å². The summed E-state index contributed by atoms with van der Waals surface area (Å²) in [5.74, 6) is 0.123. The van der Waals surface area contributed by atoms with Crippen LogP contribution in [0.25, 0.3) is 11.0 Å². The van der Waals surface area contributed by atoms with E-state index >= 15 is 0 Å². The van der Waals surface area contributed by atoms with Crippen molar-refractivity contribution in [2.45, 2.75) is 25.3 Å². The maximum atomic E-state index is 12.5. The summed E-state index contributed by atoms with van der Waals surface area (Å²) in [7, 11) is 0. The maximum Gasteiger partial charge on any atom is 0.326 e. The number of H-pyrrole nitrogens is 1. The van der Waals surface area contributed by atoms with E-state index < -0.39 is 0 Å². The molecular weight excluding hydrogens is 316 g/mol. The van der Waals surface area contributed by atoms with Gasteiger partial charge in [-0.05, 0) is 36.6 Å². The Balaban J connectivity index is 1.45. The zero-order valence-electron chi connectivity index (χ0n) is 13.9. The Kier molecular flexibility index (Phi) is 4.09. The van der Waals surface area contributed by atoms with Gasteiger partial charge in [-0.15, -0.1) is 0 Å². The van der Waals surface area contributed by atoms with E-state index in [1.54, 1.807) is 12.4 Å². The molecule has 3 heterocycles. The minimum Gasteiger partial charge on any atom is -0.342 e. The van der Waals surface area contributed by atoms with Crippen LogP contribution in [0.15, 0.2) is 53.6 Å². The quantitative estimate of drug-likeness (QED) is 0.796. The number of likely N-dealkylation sites (tertiary alicyclic amines) is 1. The predicted molar refractivity (Wildman–Crippen MR) is 95.4 cm³/mol. The predicted octanol–water partition coefficient (Wildman–Crippen LogP) is 2.13. The Labute approximate surface area is 145 Å². The van der Waals surface area contributed by atoms with E-state index in [1.807, 2.05) is 45.9 Å². The topological polar surface area (TPSA) is 71.0 Å². The Bertz CT molecular complexity index is 937. The number of aromatic amines is 1. The summed E-state index contributed by atoms with van der Waals surface area (Å²) >= 11 is 0. The second kappa shape index (κ2) is 6.55. The van der Waals surface area contributed by atoms with Gasteiger partial charge in [0.15, 0.2) is 0 Å². The van der Waals surface area contributed by atoms with Crippen LogP contribution in [0.1, 0.15) is 24.4 Å². The van der Waals surface area contributed by atoms with Gasteiger partial charge in [0.05, 0.1) is 17.5 Å². The first kappa shape index (κ1) is 15.6. The molecule has 6 nitrogen and oxygen atoms in total. The van der Waals surface area contributed by atoms with Gasteiger partial charge in [0.2, 0.25) is 5.91 Å². The Morgan fingerprint density at radius 2 is 1.96 bits per heavy atom. The molecule has 0 radical (unpaired) electrons. The molecule has 25 heavy (non-hydrogen) atoms. The van der Waals surface area contributed by atoms with Crippen LogP contribution >= 0.6 is 0 Å². The van der Waals surface area contributed by atoms with Crippen molar-refractivity contribution in [2.75, 3.05) is 13.1 Å². The summed E-state index contributed by atoms with van der Waals surface area (Å²) in [6.45, 7) is 1.35. The number of benzene rings is 1. The van der Waals surface area contributed by atoms with Crippen molar-refractivity contribution < 1.29 is 4.79 Å². The fourth-order valence-corrected chi connectivity index (χ4v) is 3.60. The van der Waals surface area contributed by atoms with Gasteiger partial charge in [-0.1, -0.05) is 18.2 Å². The molecule has 1 N–H and O–H groups in total. The molecule has 0 spiro atoms. The van der Waals surface area contributed by atoms with Gasteiger partial charge in [-0.3, -0.25) is 14.3 Å². The summed E-state index contributed by atoms with van der Waals surface area (Å²) in [5, 5.41) is 0. The molecule has 4 rings (SSSR count). The van der Waals surface area contributed by atoms with E-state index in [4.69, 9.17) is 0 Å². The van der Waals surface area contributed by atoms with Crippen LogP contribution in [-0.2, 0) is 11.2 Å². The van der Waals surface area contributed by atoms with Crippen molar-refractivity contribution in [1.29, 1.82) is 0 Å². The SMILES string of the molecule is O=C(Cc1cccnc1)N1CCC(n2c(=O)[nH]c3ccccc32)CC1. The zero-order chi connectivity index (χ0) is 17.2. The highest BCUT2D eigenvalue weighted by Gasteiger charge is 2.25. The van der Waals surface area contributed by atoms with Crippen molar-refractivity contribution in [3.05, 3.63) is 64.8 Å². The van der Waals surface area contributed by atoms with Crippen LogP contribution in [0.3, 0.4) is 0 Å². The number of hydrogen-bond donors (Lipinski definition) is 1. The van der Waals surface area contributed by atoms with E-state index in [0.29, 0.717) is 19.5 Å². The number of rotatable bonds is 3. The maximum absolute atomic E-state index is 12.5. The van der Waals surface area contributed by atoms with Crippen LogP contribution in [-0.4, -0.2) is 38.4 Å². The van der Waals surface area contributed by atoms with Crippen molar-refractivity contribution in [2.24, 2.45) is 0 Å². The Hall–Kier alpha value is -2.89. The first-order valence-electron chi connectivity index (χ1n) is 8.58. The molecule has 0 unspecified atom stereocenters. The molecule has 1 aliphatic heterocycles. The monoisotopic (exact) mass is 336 g/mol. The molecule has 0 bridgehead atoms. The van der Waals surface area contributed by atoms with Crippen molar-refractivity contribution in [1.82, 2.24) is 19.4 Å². The number of carbonyl (C=O) groups is 1. The number of carbonyl (C=O) groups excluding carboxylic acids is 1.